The van der Waals surface area contributed by atoms with Gasteiger partial charge in [-0.2, -0.15) is 0 Å². The quantitative estimate of drug-likeness (QED) is 0.337. The van der Waals surface area contributed by atoms with E-state index in [2.05, 4.69) is 20.5 Å². The Morgan fingerprint density at radius 3 is 2.63 bits per heavy atom. The van der Waals surface area contributed by atoms with Crippen LogP contribution in [0.25, 0.3) is 0 Å². The molecule has 2 fully saturated rings. The van der Waals surface area contributed by atoms with Crippen molar-refractivity contribution in [1.82, 2.24) is 10.6 Å². The van der Waals surface area contributed by atoms with Crippen LogP contribution in [0, 0.1) is 5.82 Å². The van der Waals surface area contributed by atoms with E-state index in [1.54, 1.807) is 12.1 Å². The van der Waals surface area contributed by atoms with Gasteiger partial charge in [-0.3, -0.25) is 4.99 Å². The number of hydrogen-bond donors (Lipinski definition) is 3. The SMILES string of the molecule is CCNC(=NCC1(O)CCCC1)NC1CCN(c2cccc(F)c2)CC1.I. The molecule has 0 aromatic heterocycles. The van der Waals surface area contributed by atoms with E-state index in [9.17, 15) is 9.50 Å². The van der Waals surface area contributed by atoms with Crippen LogP contribution >= 0.6 is 24.0 Å². The summed E-state index contributed by atoms with van der Waals surface area (Å²) in [7, 11) is 0. The van der Waals surface area contributed by atoms with Crippen molar-refractivity contribution in [2.24, 2.45) is 4.99 Å². The Labute approximate surface area is 178 Å². The first-order chi connectivity index (χ1) is 12.6. The lowest BCUT2D eigenvalue weighted by Crippen LogP contribution is -2.49. The molecule has 0 radical (unpaired) electrons. The fourth-order valence-electron chi connectivity index (χ4n) is 3.89. The van der Waals surface area contributed by atoms with Crippen molar-refractivity contribution >= 4 is 35.6 Å². The minimum absolute atomic E-state index is 0. The molecule has 1 aliphatic carbocycles. The summed E-state index contributed by atoms with van der Waals surface area (Å²) in [6, 6.07) is 7.15. The third kappa shape index (κ3) is 6.48. The standard InChI is InChI=1S/C20H31FN4O.HI/c1-2-22-19(23-15-20(26)10-3-4-11-20)24-17-8-12-25(13-9-17)18-7-5-6-16(21)14-18;/h5-7,14,17,26H,2-4,8-13,15H2,1H3,(H2,22,23,24);1H. The van der Waals surface area contributed by atoms with Gasteiger partial charge in [0.2, 0.25) is 0 Å². The highest BCUT2D eigenvalue weighted by molar-refractivity contribution is 14.0. The van der Waals surface area contributed by atoms with E-state index in [4.69, 9.17) is 0 Å². The highest BCUT2D eigenvalue weighted by atomic mass is 127. The van der Waals surface area contributed by atoms with Gasteiger partial charge in [0.1, 0.15) is 5.82 Å². The van der Waals surface area contributed by atoms with Crippen molar-refractivity contribution in [3.8, 4) is 0 Å². The van der Waals surface area contributed by atoms with E-state index in [1.807, 2.05) is 13.0 Å². The van der Waals surface area contributed by atoms with Crippen molar-refractivity contribution < 1.29 is 9.50 Å². The van der Waals surface area contributed by atoms with E-state index in [-0.39, 0.29) is 29.8 Å². The van der Waals surface area contributed by atoms with Gasteiger partial charge in [0.15, 0.2) is 5.96 Å². The summed E-state index contributed by atoms with van der Waals surface area (Å²) in [6.07, 6.45) is 5.84. The second-order valence-corrected chi connectivity index (χ2v) is 7.51. The van der Waals surface area contributed by atoms with Crippen LogP contribution in [-0.2, 0) is 0 Å². The van der Waals surface area contributed by atoms with Gasteiger partial charge < -0.3 is 20.6 Å². The topological polar surface area (TPSA) is 59.9 Å². The first-order valence-electron chi connectivity index (χ1n) is 9.86. The Bertz CT molecular complexity index is 614. The van der Waals surface area contributed by atoms with Crippen molar-refractivity contribution in [3.05, 3.63) is 30.1 Å². The van der Waals surface area contributed by atoms with E-state index >= 15 is 0 Å². The zero-order valence-corrected chi connectivity index (χ0v) is 18.4. The number of rotatable bonds is 5. The van der Waals surface area contributed by atoms with Gasteiger partial charge in [-0.1, -0.05) is 18.9 Å². The highest BCUT2D eigenvalue weighted by Crippen LogP contribution is 2.29. The van der Waals surface area contributed by atoms with Gasteiger partial charge in [-0.15, -0.1) is 24.0 Å². The summed E-state index contributed by atoms with van der Waals surface area (Å²) in [5.74, 6) is 0.603. The third-order valence-corrected chi connectivity index (χ3v) is 5.42. The van der Waals surface area contributed by atoms with Gasteiger partial charge >= 0.3 is 0 Å². The fourth-order valence-corrected chi connectivity index (χ4v) is 3.89. The highest BCUT2D eigenvalue weighted by Gasteiger charge is 2.31. The number of nitrogens with one attached hydrogen (secondary N) is 2. The van der Waals surface area contributed by atoms with E-state index in [0.717, 1.165) is 69.8 Å². The van der Waals surface area contributed by atoms with Crippen LogP contribution in [0.15, 0.2) is 29.3 Å². The maximum absolute atomic E-state index is 13.4. The molecule has 1 heterocycles. The Balaban J connectivity index is 0.00000261. The Morgan fingerprint density at radius 1 is 1.30 bits per heavy atom. The predicted octanol–water partition coefficient (Wildman–Crippen LogP) is 3.27. The normalized spacial score (nSPS) is 20.3. The average molecular weight is 490 g/mol. The summed E-state index contributed by atoms with van der Waals surface area (Å²) >= 11 is 0. The maximum atomic E-state index is 13.4. The van der Waals surface area contributed by atoms with Gasteiger partial charge in [-0.25, -0.2) is 4.39 Å². The molecule has 1 aliphatic heterocycles. The number of guanidine groups is 1. The Kier molecular flexibility index (Phi) is 8.60. The van der Waals surface area contributed by atoms with Crippen LogP contribution in [-0.4, -0.2) is 48.9 Å². The summed E-state index contributed by atoms with van der Waals surface area (Å²) in [5.41, 5.74) is 0.329. The number of hydrogen-bond acceptors (Lipinski definition) is 3. The lowest BCUT2D eigenvalue weighted by Gasteiger charge is -2.34. The molecule has 1 saturated carbocycles. The van der Waals surface area contributed by atoms with Crippen LogP contribution in [0.5, 0.6) is 0 Å². The number of halogens is 2. The largest absolute Gasteiger partial charge is 0.388 e. The maximum Gasteiger partial charge on any atom is 0.191 e. The van der Waals surface area contributed by atoms with Crippen LogP contribution in [0.4, 0.5) is 10.1 Å². The second kappa shape index (κ2) is 10.5. The van der Waals surface area contributed by atoms with Crippen LogP contribution in [0.1, 0.15) is 45.4 Å². The molecule has 0 amide bonds. The number of anilines is 1. The summed E-state index contributed by atoms with van der Waals surface area (Å²) in [5, 5.41) is 17.3. The monoisotopic (exact) mass is 490 g/mol. The molecule has 1 aromatic rings. The molecule has 152 valence electrons. The molecule has 2 aliphatic rings. The number of nitrogens with zero attached hydrogens (tertiary/aromatic N) is 2. The molecule has 1 aromatic carbocycles. The van der Waals surface area contributed by atoms with Crippen LogP contribution in [0.2, 0.25) is 0 Å². The summed E-state index contributed by atoms with van der Waals surface area (Å²) in [4.78, 5) is 6.86. The molecule has 27 heavy (non-hydrogen) atoms. The lowest BCUT2D eigenvalue weighted by molar-refractivity contribution is 0.0574. The van der Waals surface area contributed by atoms with Crippen molar-refractivity contribution in [3.63, 3.8) is 0 Å². The second-order valence-electron chi connectivity index (χ2n) is 7.51. The average Bonchev–Trinajstić information content (AvgIpc) is 3.08. The molecule has 3 N–H and O–H groups in total. The van der Waals surface area contributed by atoms with Gasteiger partial charge in [0.05, 0.1) is 12.1 Å². The van der Waals surface area contributed by atoms with Crippen molar-refractivity contribution in [1.29, 1.82) is 0 Å². The first-order valence-corrected chi connectivity index (χ1v) is 9.86. The van der Waals surface area contributed by atoms with Crippen molar-refractivity contribution in [2.45, 2.75) is 57.1 Å². The molecule has 0 bridgehead atoms. The molecule has 0 unspecified atom stereocenters. The van der Waals surface area contributed by atoms with Crippen LogP contribution < -0.4 is 15.5 Å². The van der Waals surface area contributed by atoms with Gasteiger partial charge in [0.25, 0.3) is 0 Å². The number of piperidine rings is 1. The zero-order chi connectivity index (χ0) is 18.4. The molecule has 1 saturated heterocycles. The smallest absolute Gasteiger partial charge is 0.191 e. The fraction of sp³-hybridized carbons (Fsp3) is 0.650. The van der Waals surface area contributed by atoms with Crippen molar-refractivity contribution in [2.75, 3.05) is 31.1 Å². The molecule has 0 atom stereocenters. The van der Waals surface area contributed by atoms with Gasteiger partial charge in [0, 0.05) is 31.4 Å². The number of benzene rings is 1. The minimum Gasteiger partial charge on any atom is -0.388 e. The number of aliphatic hydroxyl groups is 1. The van der Waals surface area contributed by atoms with E-state index in [1.165, 1.54) is 6.07 Å². The van der Waals surface area contributed by atoms with Crippen LogP contribution in [0.3, 0.4) is 0 Å². The Morgan fingerprint density at radius 2 is 2.00 bits per heavy atom. The van der Waals surface area contributed by atoms with Gasteiger partial charge in [-0.05, 0) is 50.8 Å². The van der Waals surface area contributed by atoms with E-state index < -0.39 is 5.60 Å². The lowest BCUT2D eigenvalue weighted by atomic mass is 10.0. The molecule has 3 rings (SSSR count). The first kappa shape index (κ1) is 22.2. The predicted molar refractivity (Wildman–Crippen MR) is 120 cm³/mol. The molecule has 0 spiro atoms. The van der Waals surface area contributed by atoms with E-state index in [0.29, 0.717) is 12.6 Å². The molecular formula is C20H32FIN4O. The summed E-state index contributed by atoms with van der Waals surface area (Å²) in [6.45, 7) is 5.10. The molecule has 5 nitrogen and oxygen atoms in total. The zero-order valence-electron chi connectivity index (χ0n) is 16.1. The minimum atomic E-state index is -0.622. The summed E-state index contributed by atoms with van der Waals surface area (Å²) < 4.78 is 13.4. The molecule has 7 heteroatoms. The third-order valence-electron chi connectivity index (χ3n) is 5.42. The Hall–Kier alpha value is -1.09. The number of aliphatic imine (C=N–C) groups is 1. The molecular weight excluding hydrogens is 458 g/mol.